The number of anilines is 1. The van der Waals surface area contributed by atoms with Crippen LogP contribution in [0.15, 0.2) is 48.2 Å². The molecule has 1 amide bonds. The van der Waals surface area contributed by atoms with Crippen molar-refractivity contribution in [1.82, 2.24) is 5.32 Å². The van der Waals surface area contributed by atoms with Gasteiger partial charge in [0, 0.05) is 19.3 Å². The second-order valence-corrected chi connectivity index (χ2v) is 4.92. The highest BCUT2D eigenvalue weighted by atomic mass is 19.4. The van der Waals surface area contributed by atoms with Crippen LogP contribution in [0.4, 0.5) is 18.9 Å². The highest BCUT2D eigenvalue weighted by Gasteiger charge is 2.31. The van der Waals surface area contributed by atoms with Crippen LogP contribution in [0.3, 0.4) is 0 Å². The van der Waals surface area contributed by atoms with Crippen LogP contribution in [0.1, 0.15) is 5.56 Å². The molecule has 0 aliphatic rings. The van der Waals surface area contributed by atoms with E-state index < -0.39 is 11.7 Å². The molecule has 0 saturated carbocycles. The molecule has 0 bridgehead atoms. The summed E-state index contributed by atoms with van der Waals surface area (Å²) in [7, 11) is 1.46. The number of aldehydes is 1. The minimum absolute atomic E-state index is 0.142. The van der Waals surface area contributed by atoms with E-state index in [9.17, 15) is 22.8 Å². The van der Waals surface area contributed by atoms with Crippen LogP contribution in [-0.2, 0) is 16.1 Å². The highest BCUT2D eigenvalue weighted by Crippen LogP contribution is 2.27. The molecule has 1 aromatic rings. The molecule has 0 heterocycles. The van der Waals surface area contributed by atoms with Crippen molar-refractivity contribution in [2.24, 2.45) is 5.73 Å². The van der Waals surface area contributed by atoms with Gasteiger partial charge in [-0.1, -0.05) is 18.7 Å². The summed E-state index contributed by atoms with van der Waals surface area (Å²) in [4.78, 5) is 23.6. The van der Waals surface area contributed by atoms with E-state index in [-0.39, 0.29) is 24.7 Å². The molecule has 0 aliphatic heterocycles. The van der Waals surface area contributed by atoms with Gasteiger partial charge in [0.25, 0.3) is 0 Å². The largest absolute Gasteiger partial charge is 0.415 e. The van der Waals surface area contributed by atoms with Crippen molar-refractivity contribution in [3.8, 4) is 0 Å². The van der Waals surface area contributed by atoms with Crippen LogP contribution in [0, 0.1) is 0 Å². The van der Waals surface area contributed by atoms with Gasteiger partial charge in [-0.3, -0.25) is 9.59 Å². The van der Waals surface area contributed by atoms with E-state index in [4.69, 9.17) is 5.73 Å². The van der Waals surface area contributed by atoms with Crippen LogP contribution in [0.25, 0.3) is 0 Å². The molecule has 24 heavy (non-hydrogen) atoms. The fourth-order valence-electron chi connectivity index (χ4n) is 1.77. The van der Waals surface area contributed by atoms with Gasteiger partial charge in [0.2, 0.25) is 5.91 Å². The Morgan fingerprint density at radius 2 is 2.08 bits per heavy atom. The number of nitrogens with two attached hydrogens (primary N) is 1. The SMILES string of the molecule is C=C(/C=C(/C=O)N(C)c1cccc(CNC(=O)CN)c1)C(F)(F)F. The van der Waals surface area contributed by atoms with E-state index in [1.165, 1.54) is 11.9 Å². The number of likely N-dealkylation sites (N-methyl/N-ethyl adjacent to an activating group) is 1. The number of rotatable bonds is 7. The van der Waals surface area contributed by atoms with E-state index in [1.54, 1.807) is 24.3 Å². The lowest BCUT2D eigenvalue weighted by molar-refractivity contribution is -0.119. The summed E-state index contributed by atoms with van der Waals surface area (Å²) in [5, 5.41) is 2.58. The number of alkyl halides is 3. The Kier molecular flexibility index (Phi) is 6.72. The molecule has 1 rings (SSSR count). The van der Waals surface area contributed by atoms with Crippen molar-refractivity contribution in [1.29, 1.82) is 0 Å². The maximum atomic E-state index is 12.6. The van der Waals surface area contributed by atoms with Gasteiger partial charge in [0.1, 0.15) is 0 Å². The third kappa shape index (κ3) is 5.54. The zero-order chi connectivity index (χ0) is 18.3. The maximum absolute atomic E-state index is 12.6. The summed E-state index contributed by atoms with van der Waals surface area (Å²) >= 11 is 0. The number of carbonyl (C=O) groups excluding carboxylic acids is 2. The highest BCUT2D eigenvalue weighted by molar-refractivity contribution is 5.81. The van der Waals surface area contributed by atoms with E-state index in [0.717, 1.165) is 0 Å². The Hall–Kier alpha value is -2.61. The molecule has 0 unspecified atom stereocenters. The third-order valence-electron chi connectivity index (χ3n) is 3.17. The van der Waals surface area contributed by atoms with Crippen molar-refractivity contribution in [3.63, 3.8) is 0 Å². The van der Waals surface area contributed by atoms with Gasteiger partial charge in [0.05, 0.1) is 17.8 Å². The van der Waals surface area contributed by atoms with Crippen molar-refractivity contribution in [2.75, 3.05) is 18.5 Å². The molecule has 3 N–H and O–H groups in total. The summed E-state index contributed by atoms with van der Waals surface area (Å²) in [6.45, 7) is 2.99. The first kappa shape index (κ1) is 19.4. The van der Waals surface area contributed by atoms with Gasteiger partial charge in [-0.25, -0.2) is 0 Å². The van der Waals surface area contributed by atoms with Crippen molar-refractivity contribution >= 4 is 17.9 Å². The Labute approximate surface area is 137 Å². The minimum atomic E-state index is -4.61. The summed E-state index contributed by atoms with van der Waals surface area (Å²) in [5.74, 6) is -0.330. The molecule has 0 radical (unpaired) electrons. The Morgan fingerprint density at radius 3 is 2.62 bits per heavy atom. The molecule has 0 aliphatic carbocycles. The number of hydrogen-bond acceptors (Lipinski definition) is 4. The first-order valence-corrected chi connectivity index (χ1v) is 6.91. The lowest BCUT2D eigenvalue weighted by Gasteiger charge is -2.20. The lowest BCUT2D eigenvalue weighted by Crippen LogP contribution is -2.29. The maximum Gasteiger partial charge on any atom is 0.415 e. The molecule has 5 nitrogen and oxygen atoms in total. The zero-order valence-corrected chi connectivity index (χ0v) is 13.1. The van der Waals surface area contributed by atoms with Crippen LogP contribution >= 0.6 is 0 Å². The molecular weight excluding hydrogens is 323 g/mol. The second-order valence-electron chi connectivity index (χ2n) is 4.92. The number of nitrogens with zero attached hydrogens (tertiary/aromatic N) is 1. The van der Waals surface area contributed by atoms with Crippen LogP contribution in [-0.4, -0.2) is 32.0 Å². The molecular formula is C16H18F3N3O2. The summed E-state index contributed by atoms with van der Waals surface area (Å²) in [5.41, 5.74) is 5.07. The number of amides is 1. The van der Waals surface area contributed by atoms with Gasteiger partial charge in [0.15, 0.2) is 6.29 Å². The van der Waals surface area contributed by atoms with Crippen molar-refractivity contribution in [2.45, 2.75) is 12.7 Å². The van der Waals surface area contributed by atoms with E-state index in [0.29, 0.717) is 23.6 Å². The molecule has 0 saturated heterocycles. The molecule has 0 atom stereocenters. The number of hydrogen-bond donors (Lipinski definition) is 2. The van der Waals surface area contributed by atoms with E-state index >= 15 is 0 Å². The molecule has 8 heteroatoms. The smallest absolute Gasteiger partial charge is 0.351 e. The Morgan fingerprint density at radius 1 is 1.42 bits per heavy atom. The molecule has 0 fully saturated rings. The fourth-order valence-corrected chi connectivity index (χ4v) is 1.77. The molecule has 0 aromatic heterocycles. The first-order valence-electron chi connectivity index (χ1n) is 6.91. The Balaban J connectivity index is 2.98. The van der Waals surface area contributed by atoms with Gasteiger partial charge in [-0.15, -0.1) is 0 Å². The second kappa shape index (κ2) is 8.30. The third-order valence-corrected chi connectivity index (χ3v) is 3.17. The number of halogens is 3. The predicted molar refractivity (Wildman–Crippen MR) is 85.1 cm³/mol. The average molecular weight is 341 g/mol. The van der Waals surface area contributed by atoms with Gasteiger partial charge in [-0.05, 0) is 23.8 Å². The number of carbonyl (C=O) groups is 2. The summed E-state index contributed by atoms with van der Waals surface area (Å²) in [6, 6.07) is 6.66. The average Bonchev–Trinajstić information content (AvgIpc) is 2.55. The van der Waals surface area contributed by atoms with Crippen molar-refractivity contribution in [3.05, 3.63) is 53.8 Å². The van der Waals surface area contributed by atoms with E-state index in [1.807, 2.05) is 0 Å². The summed E-state index contributed by atoms with van der Waals surface area (Å²) in [6.07, 6.45) is -3.61. The van der Waals surface area contributed by atoms with Crippen LogP contribution in [0.2, 0.25) is 0 Å². The van der Waals surface area contributed by atoms with Gasteiger partial charge < -0.3 is 16.0 Å². The predicted octanol–water partition coefficient (Wildman–Crippen LogP) is 1.90. The standard InChI is InChI=1S/C16H18F3N3O2/c1-11(16(17,18)19)6-14(10-23)22(2)13-5-3-4-12(7-13)9-21-15(24)8-20/h3-7,10H,1,8-9,20H2,2H3,(H,21,24)/b14-6-. The van der Waals surface area contributed by atoms with Crippen molar-refractivity contribution < 1.29 is 22.8 Å². The zero-order valence-electron chi connectivity index (χ0n) is 13.1. The molecule has 0 spiro atoms. The first-order chi connectivity index (χ1) is 11.2. The van der Waals surface area contributed by atoms with Crippen LogP contribution < -0.4 is 16.0 Å². The topological polar surface area (TPSA) is 75.4 Å². The minimum Gasteiger partial charge on any atom is -0.351 e. The normalized spacial score (nSPS) is 11.8. The van der Waals surface area contributed by atoms with Gasteiger partial charge >= 0.3 is 6.18 Å². The molecule has 130 valence electrons. The quantitative estimate of drug-likeness (QED) is 0.451. The van der Waals surface area contributed by atoms with Gasteiger partial charge in [-0.2, -0.15) is 13.2 Å². The monoisotopic (exact) mass is 341 g/mol. The number of allylic oxidation sites excluding steroid dienone is 3. The lowest BCUT2D eigenvalue weighted by atomic mass is 10.1. The molecule has 1 aromatic carbocycles. The number of nitrogens with one attached hydrogen (secondary N) is 1. The van der Waals surface area contributed by atoms with Crippen LogP contribution in [0.5, 0.6) is 0 Å². The van der Waals surface area contributed by atoms with E-state index in [2.05, 4.69) is 11.9 Å². The number of benzene rings is 1. The summed E-state index contributed by atoms with van der Waals surface area (Å²) < 4.78 is 37.7. The Bertz CT molecular complexity index is 654. The fraction of sp³-hybridized carbons (Fsp3) is 0.250.